The number of hydrogen-bond acceptors (Lipinski definition) is 3. The van der Waals surface area contributed by atoms with E-state index < -0.39 is 23.5 Å². The molecule has 3 nitrogen and oxygen atoms in total. The number of carbonyl (C=O) groups is 1. The van der Waals surface area contributed by atoms with Gasteiger partial charge in [0.2, 0.25) is 0 Å². The van der Waals surface area contributed by atoms with Crippen molar-refractivity contribution < 1.29 is 22.7 Å². The summed E-state index contributed by atoms with van der Waals surface area (Å²) in [5, 5.41) is 0. The third-order valence-electron chi connectivity index (χ3n) is 2.43. The van der Waals surface area contributed by atoms with E-state index in [1.807, 2.05) is 0 Å². The van der Waals surface area contributed by atoms with Crippen molar-refractivity contribution in [1.82, 2.24) is 0 Å². The quantitative estimate of drug-likeness (QED) is 0.662. The van der Waals surface area contributed by atoms with E-state index in [1.54, 1.807) is 0 Å². The Hall–Kier alpha value is -0.780. The van der Waals surface area contributed by atoms with Crippen LogP contribution in [-0.4, -0.2) is 25.8 Å². The lowest BCUT2D eigenvalue weighted by atomic mass is 10.0. The fourth-order valence-electron chi connectivity index (χ4n) is 1.47. The number of ether oxygens (including phenoxy) is 1. The van der Waals surface area contributed by atoms with Crippen molar-refractivity contribution in [3.05, 3.63) is 0 Å². The summed E-state index contributed by atoms with van der Waals surface area (Å²) in [6.07, 6.45) is -4.60. The molecule has 1 fully saturated rings. The Kier molecular flexibility index (Phi) is 2.27. The number of esters is 1. The van der Waals surface area contributed by atoms with E-state index in [1.165, 1.54) is 0 Å². The molecule has 1 aliphatic rings. The monoisotopic (exact) mass is 197 g/mol. The van der Waals surface area contributed by atoms with Gasteiger partial charge in [0.25, 0.3) is 0 Å². The average molecular weight is 197 g/mol. The summed E-state index contributed by atoms with van der Waals surface area (Å²) in [6.45, 7) is -0.316. The van der Waals surface area contributed by atoms with E-state index in [0.717, 1.165) is 7.11 Å². The van der Waals surface area contributed by atoms with E-state index in [-0.39, 0.29) is 13.0 Å². The number of nitrogens with two attached hydrogens (primary N) is 1. The van der Waals surface area contributed by atoms with Crippen molar-refractivity contribution in [2.45, 2.75) is 12.6 Å². The van der Waals surface area contributed by atoms with Gasteiger partial charge in [0.1, 0.15) is 0 Å². The van der Waals surface area contributed by atoms with Gasteiger partial charge in [-0.2, -0.15) is 13.2 Å². The minimum absolute atomic E-state index is 0.250. The van der Waals surface area contributed by atoms with Gasteiger partial charge in [-0.1, -0.05) is 0 Å². The van der Waals surface area contributed by atoms with Gasteiger partial charge in [0.15, 0.2) is 0 Å². The van der Waals surface area contributed by atoms with E-state index >= 15 is 0 Å². The highest BCUT2D eigenvalue weighted by molar-refractivity contribution is 5.81. The number of rotatable bonds is 2. The molecule has 1 saturated carbocycles. The van der Waals surface area contributed by atoms with Crippen molar-refractivity contribution in [2.24, 2.45) is 17.1 Å². The largest absolute Gasteiger partial charge is 0.469 e. The highest BCUT2D eigenvalue weighted by Crippen LogP contribution is 2.60. The molecule has 0 saturated heterocycles. The molecule has 1 aliphatic carbocycles. The van der Waals surface area contributed by atoms with Crippen molar-refractivity contribution >= 4 is 5.97 Å². The van der Waals surface area contributed by atoms with Crippen LogP contribution in [0.1, 0.15) is 6.42 Å². The second-order valence-electron chi connectivity index (χ2n) is 3.15. The average Bonchev–Trinajstić information content (AvgIpc) is 2.78. The van der Waals surface area contributed by atoms with Crippen LogP contribution in [0.15, 0.2) is 0 Å². The van der Waals surface area contributed by atoms with Gasteiger partial charge in [-0.25, -0.2) is 0 Å². The second kappa shape index (κ2) is 2.87. The first-order valence-corrected chi connectivity index (χ1v) is 3.73. The predicted octanol–water partition coefficient (Wildman–Crippen LogP) is 0.687. The van der Waals surface area contributed by atoms with Gasteiger partial charge in [-0.3, -0.25) is 4.79 Å². The van der Waals surface area contributed by atoms with E-state index in [2.05, 4.69) is 4.74 Å². The Morgan fingerprint density at radius 1 is 1.69 bits per heavy atom. The third kappa shape index (κ3) is 1.50. The summed E-state index contributed by atoms with van der Waals surface area (Å²) in [7, 11) is 1.06. The first-order chi connectivity index (χ1) is 5.88. The lowest BCUT2D eigenvalue weighted by Gasteiger charge is -2.13. The smallest absolute Gasteiger partial charge is 0.393 e. The molecule has 2 N–H and O–H groups in total. The summed E-state index contributed by atoms with van der Waals surface area (Å²) in [4.78, 5) is 11.0. The summed E-state index contributed by atoms with van der Waals surface area (Å²) in [5.41, 5.74) is 3.62. The van der Waals surface area contributed by atoms with Crippen LogP contribution in [0.25, 0.3) is 0 Å². The molecule has 0 aromatic heterocycles. The second-order valence-corrected chi connectivity index (χ2v) is 3.15. The SMILES string of the molecule is COC(=O)C1(CN)CC1C(F)(F)F. The van der Waals surface area contributed by atoms with Crippen LogP contribution in [0.4, 0.5) is 13.2 Å². The molecule has 0 bridgehead atoms. The minimum atomic E-state index is -4.35. The zero-order valence-corrected chi connectivity index (χ0v) is 7.02. The minimum Gasteiger partial charge on any atom is -0.469 e. The van der Waals surface area contributed by atoms with Crippen LogP contribution >= 0.6 is 0 Å². The van der Waals surface area contributed by atoms with E-state index in [4.69, 9.17) is 5.73 Å². The predicted molar refractivity (Wildman–Crippen MR) is 37.7 cm³/mol. The van der Waals surface area contributed by atoms with Crippen molar-refractivity contribution in [1.29, 1.82) is 0 Å². The summed E-state index contributed by atoms with van der Waals surface area (Å²) in [5.74, 6) is -2.49. The van der Waals surface area contributed by atoms with Crippen molar-refractivity contribution in [3.8, 4) is 0 Å². The number of carbonyl (C=O) groups excluding carboxylic acids is 1. The number of alkyl halides is 3. The molecule has 2 atom stereocenters. The topological polar surface area (TPSA) is 52.3 Å². The Morgan fingerprint density at radius 2 is 2.23 bits per heavy atom. The van der Waals surface area contributed by atoms with E-state index in [9.17, 15) is 18.0 Å². The Bertz CT molecular complexity index is 228. The molecular weight excluding hydrogens is 187 g/mol. The molecule has 0 aromatic carbocycles. The molecule has 13 heavy (non-hydrogen) atoms. The van der Waals surface area contributed by atoms with Crippen molar-refractivity contribution in [3.63, 3.8) is 0 Å². The van der Waals surface area contributed by atoms with Crippen LogP contribution in [0.2, 0.25) is 0 Å². The first-order valence-electron chi connectivity index (χ1n) is 3.73. The molecule has 76 valence electrons. The molecule has 6 heteroatoms. The molecule has 0 spiro atoms. The highest BCUT2D eigenvalue weighted by Gasteiger charge is 2.70. The van der Waals surface area contributed by atoms with Crippen molar-refractivity contribution in [2.75, 3.05) is 13.7 Å². The fraction of sp³-hybridized carbons (Fsp3) is 0.857. The van der Waals surface area contributed by atoms with Gasteiger partial charge in [-0.15, -0.1) is 0 Å². The normalized spacial score (nSPS) is 32.8. The molecule has 0 aliphatic heterocycles. The zero-order chi connectivity index (χ0) is 10.3. The van der Waals surface area contributed by atoms with Crippen LogP contribution in [0.3, 0.4) is 0 Å². The molecule has 2 unspecified atom stereocenters. The van der Waals surface area contributed by atoms with Crippen LogP contribution in [0, 0.1) is 11.3 Å². The number of hydrogen-bond donors (Lipinski definition) is 1. The molecule has 1 rings (SSSR count). The summed E-state index contributed by atoms with van der Waals surface area (Å²) < 4.78 is 40.7. The third-order valence-corrected chi connectivity index (χ3v) is 2.43. The van der Waals surface area contributed by atoms with Gasteiger partial charge in [0, 0.05) is 6.54 Å². The molecule has 0 heterocycles. The Labute approximate surface area is 73.0 Å². The first kappa shape index (κ1) is 10.3. The maximum Gasteiger partial charge on any atom is 0.393 e. The van der Waals surface area contributed by atoms with E-state index in [0.29, 0.717) is 0 Å². The van der Waals surface area contributed by atoms with Gasteiger partial charge < -0.3 is 10.5 Å². The molecular formula is C7H10F3NO2. The van der Waals surface area contributed by atoms with Gasteiger partial charge in [0.05, 0.1) is 18.4 Å². The molecule has 0 radical (unpaired) electrons. The van der Waals surface area contributed by atoms with Crippen LogP contribution in [0.5, 0.6) is 0 Å². The summed E-state index contributed by atoms with van der Waals surface area (Å²) in [6, 6.07) is 0. The highest BCUT2D eigenvalue weighted by atomic mass is 19.4. The van der Waals surface area contributed by atoms with Crippen LogP contribution < -0.4 is 5.73 Å². The lowest BCUT2D eigenvalue weighted by Crippen LogP contribution is -2.32. The van der Waals surface area contributed by atoms with Gasteiger partial charge >= 0.3 is 12.1 Å². The Balaban J connectivity index is 2.75. The standard InChI is InChI=1S/C7H10F3NO2/c1-13-5(12)6(3-11)2-4(6)7(8,9)10/h4H,2-3,11H2,1H3. The van der Waals surface area contributed by atoms with Gasteiger partial charge in [-0.05, 0) is 6.42 Å². The summed E-state index contributed by atoms with van der Waals surface area (Å²) >= 11 is 0. The maximum absolute atomic E-state index is 12.2. The Morgan fingerprint density at radius 3 is 2.46 bits per heavy atom. The lowest BCUT2D eigenvalue weighted by molar-refractivity contribution is -0.169. The number of halogens is 3. The van der Waals surface area contributed by atoms with Crippen LogP contribution in [-0.2, 0) is 9.53 Å². The number of methoxy groups -OCH3 is 1. The molecule has 0 aromatic rings. The maximum atomic E-state index is 12.2. The molecule has 0 amide bonds. The zero-order valence-electron chi connectivity index (χ0n) is 7.02. The fourth-order valence-corrected chi connectivity index (χ4v) is 1.47.